The highest BCUT2D eigenvalue weighted by atomic mass is 16.4. The van der Waals surface area contributed by atoms with Gasteiger partial charge in [-0.05, 0) is 25.8 Å². The summed E-state index contributed by atoms with van der Waals surface area (Å²) in [6.07, 6.45) is 0.563. The Morgan fingerprint density at radius 1 is 1.53 bits per heavy atom. The Bertz CT molecular complexity index is 448. The third kappa shape index (κ3) is 1.40. The predicted octanol–water partition coefficient (Wildman–Crippen LogP) is 0.696. The molecule has 15 heavy (non-hydrogen) atoms. The fourth-order valence-corrected chi connectivity index (χ4v) is 2.02. The Morgan fingerprint density at radius 2 is 2.20 bits per heavy atom. The maximum atomic E-state index is 11.6. The molecule has 3 N–H and O–H groups in total. The largest absolute Gasteiger partial charge is 0.477 e. The fraction of sp³-hybridized carbons (Fsp3) is 0.400. The lowest BCUT2D eigenvalue weighted by Gasteiger charge is -2.20. The van der Waals surface area contributed by atoms with E-state index in [2.05, 4.69) is 10.3 Å². The highest BCUT2D eigenvalue weighted by molar-refractivity contribution is 6.02. The standard InChI is InChI=1S/C10H12N2O3/c1-4-3-6-7(9(13)11-4)5(2)12-8(6)10(14)15/h4,12H,3H2,1-2H3,(H,11,13)(H,14,15)/t4-/m0/s1. The van der Waals surface area contributed by atoms with Crippen LogP contribution in [0.1, 0.15) is 39.0 Å². The van der Waals surface area contributed by atoms with E-state index in [1.807, 2.05) is 6.92 Å². The first-order valence-electron chi connectivity index (χ1n) is 4.76. The minimum absolute atomic E-state index is 0.0155. The van der Waals surface area contributed by atoms with Crippen LogP contribution >= 0.6 is 0 Å². The molecule has 0 radical (unpaired) electrons. The normalized spacial score (nSPS) is 19.6. The summed E-state index contributed by atoms with van der Waals surface area (Å²) in [6.45, 7) is 3.57. The van der Waals surface area contributed by atoms with Crippen LogP contribution < -0.4 is 5.32 Å². The lowest BCUT2D eigenvalue weighted by molar-refractivity contribution is 0.0690. The van der Waals surface area contributed by atoms with Crippen molar-refractivity contribution in [2.75, 3.05) is 0 Å². The molecule has 1 aromatic rings. The van der Waals surface area contributed by atoms with Crippen molar-refractivity contribution in [2.45, 2.75) is 26.3 Å². The number of fused-ring (bicyclic) bond motifs is 1. The molecule has 5 nitrogen and oxygen atoms in total. The van der Waals surface area contributed by atoms with E-state index in [0.717, 1.165) is 0 Å². The summed E-state index contributed by atoms with van der Waals surface area (Å²) in [7, 11) is 0. The number of aromatic nitrogens is 1. The summed E-state index contributed by atoms with van der Waals surface area (Å²) in [5.74, 6) is -1.20. The third-order valence-corrected chi connectivity index (χ3v) is 2.62. The first-order valence-corrected chi connectivity index (χ1v) is 4.76. The van der Waals surface area contributed by atoms with Crippen molar-refractivity contribution in [3.8, 4) is 0 Å². The molecule has 0 spiro atoms. The minimum atomic E-state index is -1.01. The van der Waals surface area contributed by atoms with Crippen molar-refractivity contribution in [3.05, 3.63) is 22.5 Å². The minimum Gasteiger partial charge on any atom is -0.477 e. The monoisotopic (exact) mass is 208 g/mol. The average Bonchev–Trinajstić information content (AvgIpc) is 2.42. The van der Waals surface area contributed by atoms with Gasteiger partial charge in [-0.3, -0.25) is 4.79 Å². The fourth-order valence-electron chi connectivity index (χ4n) is 2.02. The number of carbonyl (C=O) groups excluding carboxylic acids is 1. The van der Waals surface area contributed by atoms with Gasteiger partial charge in [0.1, 0.15) is 5.69 Å². The van der Waals surface area contributed by atoms with Crippen LogP contribution in [0.4, 0.5) is 0 Å². The van der Waals surface area contributed by atoms with Crippen molar-refractivity contribution in [1.82, 2.24) is 10.3 Å². The number of aromatic amines is 1. The maximum Gasteiger partial charge on any atom is 0.352 e. The number of rotatable bonds is 1. The second-order valence-corrected chi connectivity index (χ2v) is 3.86. The van der Waals surface area contributed by atoms with Crippen LogP contribution in [0.5, 0.6) is 0 Å². The lowest BCUT2D eigenvalue weighted by Crippen LogP contribution is -2.39. The molecule has 0 fully saturated rings. The molecule has 80 valence electrons. The smallest absolute Gasteiger partial charge is 0.352 e. The number of carboxylic acid groups (broad SMARTS) is 1. The summed E-state index contributed by atoms with van der Waals surface area (Å²) < 4.78 is 0. The van der Waals surface area contributed by atoms with E-state index in [-0.39, 0.29) is 17.6 Å². The van der Waals surface area contributed by atoms with E-state index in [1.54, 1.807) is 6.92 Å². The molecule has 0 saturated carbocycles. The Kier molecular flexibility index (Phi) is 2.03. The number of amides is 1. The molecular formula is C10H12N2O3. The van der Waals surface area contributed by atoms with Crippen molar-refractivity contribution in [2.24, 2.45) is 0 Å². The number of carbonyl (C=O) groups is 2. The quantitative estimate of drug-likeness (QED) is 0.635. The zero-order valence-corrected chi connectivity index (χ0v) is 8.55. The molecule has 2 heterocycles. The van der Waals surface area contributed by atoms with Gasteiger partial charge in [-0.15, -0.1) is 0 Å². The molecule has 5 heteroatoms. The Hall–Kier alpha value is -1.78. The van der Waals surface area contributed by atoms with E-state index in [4.69, 9.17) is 5.11 Å². The van der Waals surface area contributed by atoms with Crippen molar-refractivity contribution < 1.29 is 14.7 Å². The first-order chi connectivity index (χ1) is 7.00. The lowest BCUT2D eigenvalue weighted by atomic mass is 9.96. The van der Waals surface area contributed by atoms with Crippen LogP contribution in [0.2, 0.25) is 0 Å². The van der Waals surface area contributed by atoms with Crippen LogP contribution in [0.25, 0.3) is 0 Å². The Morgan fingerprint density at radius 3 is 2.80 bits per heavy atom. The molecule has 1 aromatic heterocycles. The van der Waals surface area contributed by atoms with E-state index >= 15 is 0 Å². The van der Waals surface area contributed by atoms with Gasteiger partial charge in [-0.25, -0.2) is 4.79 Å². The number of carboxylic acids is 1. The third-order valence-electron chi connectivity index (χ3n) is 2.62. The molecule has 0 bridgehead atoms. The molecule has 1 atom stereocenters. The Balaban J connectivity index is 2.61. The molecule has 0 unspecified atom stereocenters. The summed E-state index contributed by atoms with van der Waals surface area (Å²) in [5.41, 5.74) is 1.87. The van der Waals surface area contributed by atoms with Gasteiger partial charge in [0.15, 0.2) is 0 Å². The molecule has 0 aliphatic carbocycles. The van der Waals surface area contributed by atoms with Gasteiger partial charge < -0.3 is 15.4 Å². The van der Waals surface area contributed by atoms with Crippen LogP contribution in [-0.2, 0) is 6.42 Å². The maximum absolute atomic E-state index is 11.6. The van der Waals surface area contributed by atoms with Crippen molar-refractivity contribution in [1.29, 1.82) is 0 Å². The topological polar surface area (TPSA) is 82.2 Å². The van der Waals surface area contributed by atoms with E-state index in [1.165, 1.54) is 0 Å². The molecule has 1 amide bonds. The summed E-state index contributed by atoms with van der Waals surface area (Å²) in [6, 6.07) is -0.0155. The SMILES string of the molecule is Cc1[nH]c(C(=O)O)c2c1C(=O)N[C@@H](C)C2. The van der Waals surface area contributed by atoms with Crippen LogP contribution in [0.3, 0.4) is 0 Å². The van der Waals surface area contributed by atoms with Gasteiger partial charge in [0.05, 0.1) is 5.56 Å². The second kappa shape index (κ2) is 3.12. The van der Waals surface area contributed by atoms with Crippen LogP contribution in [-0.4, -0.2) is 28.0 Å². The molecular weight excluding hydrogens is 196 g/mol. The summed E-state index contributed by atoms with van der Waals surface area (Å²) in [5, 5.41) is 11.7. The van der Waals surface area contributed by atoms with Crippen LogP contribution in [0, 0.1) is 6.92 Å². The highest BCUT2D eigenvalue weighted by Gasteiger charge is 2.29. The van der Waals surface area contributed by atoms with E-state index < -0.39 is 5.97 Å². The number of aryl methyl sites for hydroxylation is 1. The zero-order valence-electron chi connectivity index (χ0n) is 8.55. The number of aromatic carboxylic acids is 1. The average molecular weight is 208 g/mol. The Labute approximate surface area is 86.5 Å². The molecule has 1 aliphatic heterocycles. The number of nitrogens with one attached hydrogen (secondary N) is 2. The second-order valence-electron chi connectivity index (χ2n) is 3.86. The van der Waals surface area contributed by atoms with Crippen molar-refractivity contribution >= 4 is 11.9 Å². The van der Waals surface area contributed by atoms with Gasteiger partial charge in [-0.1, -0.05) is 0 Å². The highest BCUT2D eigenvalue weighted by Crippen LogP contribution is 2.24. The van der Waals surface area contributed by atoms with Gasteiger partial charge in [-0.2, -0.15) is 0 Å². The first kappa shape index (κ1) is 9.76. The summed E-state index contributed by atoms with van der Waals surface area (Å²) >= 11 is 0. The zero-order chi connectivity index (χ0) is 11.2. The number of hydrogen-bond acceptors (Lipinski definition) is 2. The van der Waals surface area contributed by atoms with Gasteiger partial charge in [0.25, 0.3) is 5.91 Å². The van der Waals surface area contributed by atoms with Gasteiger partial charge >= 0.3 is 5.97 Å². The van der Waals surface area contributed by atoms with Gasteiger partial charge in [0.2, 0.25) is 0 Å². The molecule has 0 aromatic carbocycles. The van der Waals surface area contributed by atoms with E-state index in [0.29, 0.717) is 23.2 Å². The van der Waals surface area contributed by atoms with Crippen LogP contribution in [0.15, 0.2) is 0 Å². The number of hydrogen-bond donors (Lipinski definition) is 3. The molecule has 2 rings (SSSR count). The predicted molar refractivity (Wildman–Crippen MR) is 53.1 cm³/mol. The van der Waals surface area contributed by atoms with E-state index in [9.17, 15) is 9.59 Å². The molecule has 1 aliphatic rings. The van der Waals surface area contributed by atoms with Gasteiger partial charge in [0, 0.05) is 11.7 Å². The molecule has 0 saturated heterocycles. The van der Waals surface area contributed by atoms with Crippen molar-refractivity contribution in [3.63, 3.8) is 0 Å². The summed E-state index contributed by atoms with van der Waals surface area (Å²) in [4.78, 5) is 25.3. The number of H-pyrrole nitrogens is 1.